The maximum atomic E-state index is 13.6. The highest BCUT2D eigenvalue weighted by Gasteiger charge is 2.22. The van der Waals surface area contributed by atoms with Crippen LogP contribution in [0.2, 0.25) is 0 Å². The summed E-state index contributed by atoms with van der Waals surface area (Å²) in [6, 6.07) is 4.54. The second kappa shape index (κ2) is 8.71. The van der Waals surface area contributed by atoms with E-state index < -0.39 is 5.82 Å². The number of hydrogen-bond donors (Lipinski definition) is 2. The molecule has 1 amide bonds. The number of piperidine rings is 1. The van der Waals surface area contributed by atoms with Gasteiger partial charge in [0.05, 0.1) is 5.69 Å². The van der Waals surface area contributed by atoms with E-state index in [0.717, 1.165) is 30.4 Å². The van der Waals surface area contributed by atoms with Gasteiger partial charge in [0.25, 0.3) is 0 Å². The van der Waals surface area contributed by atoms with Gasteiger partial charge in [0.2, 0.25) is 5.91 Å². The summed E-state index contributed by atoms with van der Waals surface area (Å²) >= 11 is 3.27. The Hall–Kier alpha value is -0.650. The van der Waals surface area contributed by atoms with E-state index in [-0.39, 0.29) is 24.0 Å². The van der Waals surface area contributed by atoms with E-state index in [0.29, 0.717) is 18.3 Å². The summed E-state index contributed by atoms with van der Waals surface area (Å²) < 4.78 is 14.3. The van der Waals surface area contributed by atoms with Crippen LogP contribution in [0.15, 0.2) is 22.7 Å². The Labute approximate surface area is 139 Å². The van der Waals surface area contributed by atoms with Crippen LogP contribution < -0.4 is 10.6 Å². The van der Waals surface area contributed by atoms with Crippen LogP contribution in [0.5, 0.6) is 0 Å². The quantitative estimate of drug-likeness (QED) is 0.831. The van der Waals surface area contributed by atoms with Gasteiger partial charge in [0.15, 0.2) is 0 Å². The minimum Gasteiger partial charge on any atom is -0.324 e. The van der Waals surface area contributed by atoms with Gasteiger partial charge in [-0.2, -0.15) is 0 Å². The molecule has 6 heteroatoms. The van der Waals surface area contributed by atoms with Crippen LogP contribution in [-0.2, 0) is 4.79 Å². The fourth-order valence-electron chi connectivity index (χ4n) is 2.62. The van der Waals surface area contributed by atoms with Crippen molar-refractivity contribution in [3.05, 3.63) is 28.5 Å². The van der Waals surface area contributed by atoms with Gasteiger partial charge in [-0.1, -0.05) is 22.9 Å². The molecule has 2 unspecified atom stereocenters. The van der Waals surface area contributed by atoms with Crippen molar-refractivity contribution in [3.8, 4) is 0 Å². The molecule has 1 heterocycles. The first kappa shape index (κ1) is 18.4. The zero-order chi connectivity index (χ0) is 14.5. The SMILES string of the molecule is CC(CC(=O)Nc1cc(Br)ccc1F)C1CCCNC1.Cl. The Morgan fingerprint density at radius 3 is 3.00 bits per heavy atom. The van der Waals surface area contributed by atoms with Crippen molar-refractivity contribution in [2.24, 2.45) is 11.8 Å². The first-order chi connectivity index (χ1) is 9.56. The van der Waals surface area contributed by atoms with Crippen LogP contribution >= 0.6 is 28.3 Å². The lowest BCUT2D eigenvalue weighted by Gasteiger charge is -2.28. The normalized spacial score (nSPS) is 19.5. The third-order valence-electron chi connectivity index (χ3n) is 3.85. The second-order valence-electron chi connectivity index (χ2n) is 5.46. The average molecular weight is 380 g/mol. The molecule has 1 aliphatic rings. The Morgan fingerprint density at radius 2 is 2.33 bits per heavy atom. The summed E-state index contributed by atoms with van der Waals surface area (Å²) in [7, 11) is 0. The van der Waals surface area contributed by atoms with Crippen LogP contribution in [0, 0.1) is 17.7 Å². The molecule has 1 saturated heterocycles. The number of nitrogens with one attached hydrogen (secondary N) is 2. The van der Waals surface area contributed by atoms with Crippen molar-refractivity contribution >= 4 is 39.9 Å². The van der Waals surface area contributed by atoms with Gasteiger partial charge in [-0.25, -0.2) is 4.39 Å². The predicted molar refractivity (Wildman–Crippen MR) is 89.4 cm³/mol. The van der Waals surface area contributed by atoms with Crippen LogP contribution in [0.25, 0.3) is 0 Å². The van der Waals surface area contributed by atoms with Gasteiger partial charge in [0.1, 0.15) is 5.82 Å². The number of rotatable bonds is 4. The lowest BCUT2D eigenvalue weighted by molar-refractivity contribution is -0.117. The number of amides is 1. The summed E-state index contributed by atoms with van der Waals surface area (Å²) in [5, 5.41) is 6.01. The first-order valence-electron chi connectivity index (χ1n) is 7.02. The lowest BCUT2D eigenvalue weighted by Crippen LogP contribution is -2.34. The molecule has 1 fully saturated rings. The van der Waals surface area contributed by atoms with Crippen molar-refractivity contribution in [2.75, 3.05) is 18.4 Å². The van der Waals surface area contributed by atoms with E-state index in [9.17, 15) is 9.18 Å². The van der Waals surface area contributed by atoms with Crippen molar-refractivity contribution in [1.82, 2.24) is 5.32 Å². The molecule has 2 atom stereocenters. The van der Waals surface area contributed by atoms with Gasteiger partial charge in [-0.15, -0.1) is 12.4 Å². The average Bonchev–Trinajstić information content (AvgIpc) is 2.43. The monoisotopic (exact) mass is 378 g/mol. The largest absolute Gasteiger partial charge is 0.324 e. The van der Waals surface area contributed by atoms with Crippen molar-refractivity contribution < 1.29 is 9.18 Å². The highest BCUT2D eigenvalue weighted by molar-refractivity contribution is 9.10. The van der Waals surface area contributed by atoms with Crippen LogP contribution in [0.1, 0.15) is 26.2 Å². The Balaban J connectivity index is 0.00000220. The van der Waals surface area contributed by atoms with Crippen LogP contribution in [-0.4, -0.2) is 19.0 Å². The smallest absolute Gasteiger partial charge is 0.224 e. The molecular weight excluding hydrogens is 359 g/mol. The standard InChI is InChI=1S/C15H20BrFN2O.ClH/c1-10(11-3-2-6-18-9-11)7-15(20)19-14-8-12(16)4-5-13(14)17;/h4-5,8,10-11,18H,2-3,6-7,9H2,1H3,(H,19,20);1H. The summed E-state index contributed by atoms with van der Waals surface area (Å²) in [4.78, 5) is 12.0. The van der Waals surface area contributed by atoms with Gasteiger partial charge in [-0.3, -0.25) is 4.79 Å². The maximum Gasteiger partial charge on any atom is 0.224 e. The molecule has 21 heavy (non-hydrogen) atoms. The molecule has 0 radical (unpaired) electrons. The predicted octanol–water partition coefficient (Wildman–Crippen LogP) is 3.97. The van der Waals surface area contributed by atoms with E-state index in [1.807, 2.05) is 0 Å². The second-order valence-corrected chi connectivity index (χ2v) is 6.38. The van der Waals surface area contributed by atoms with E-state index >= 15 is 0 Å². The number of anilines is 1. The molecule has 0 bridgehead atoms. The molecular formula is C15H21BrClFN2O. The minimum absolute atomic E-state index is 0. The number of benzene rings is 1. The van der Waals surface area contributed by atoms with Crippen molar-refractivity contribution in [2.45, 2.75) is 26.2 Å². The molecule has 1 aliphatic heterocycles. The fraction of sp³-hybridized carbons (Fsp3) is 0.533. The Morgan fingerprint density at radius 1 is 1.57 bits per heavy atom. The van der Waals surface area contributed by atoms with E-state index in [1.54, 1.807) is 12.1 Å². The number of halogens is 3. The number of carbonyl (C=O) groups is 1. The molecule has 0 spiro atoms. The first-order valence-corrected chi connectivity index (χ1v) is 7.81. The third-order valence-corrected chi connectivity index (χ3v) is 4.34. The molecule has 118 valence electrons. The molecule has 0 saturated carbocycles. The highest BCUT2D eigenvalue weighted by Crippen LogP contribution is 2.24. The topological polar surface area (TPSA) is 41.1 Å². The summed E-state index contributed by atoms with van der Waals surface area (Å²) in [5.74, 6) is 0.300. The molecule has 0 aliphatic carbocycles. The molecule has 2 N–H and O–H groups in total. The molecule has 3 nitrogen and oxygen atoms in total. The fourth-order valence-corrected chi connectivity index (χ4v) is 2.98. The van der Waals surface area contributed by atoms with Gasteiger partial charge >= 0.3 is 0 Å². The zero-order valence-corrected chi connectivity index (χ0v) is 14.4. The summed E-state index contributed by atoms with van der Waals surface area (Å²) in [5.41, 5.74) is 0.235. The number of carbonyl (C=O) groups excluding carboxylic acids is 1. The Bertz CT molecular complexity index is 481. The van der Waals surface area contributed by atoms with E-state index in [2.05, 4.69) is 33.5 Å². The van der Waals surface area contributed by atoms with Gasteiger partial charge < -0.3 is 10.6 Å². The maximum absolute atomic E-state index is 13.6. The van der Waals surface area contributed by atoms with E-state index in [1.165, 1.54) is 6.07 Å². The summed E-state index contributed by atoms with van der Waals surface area (Å²) in [6.07, 6.45) is 2.75. The molecule has 0 aromatic heterocycles. The van der Waals surface area contributed by atoms with Crippen molar-refractivity contribution in [3.63, 3.8) is 0 Å². The van der Waals surface area contributed by atoms with Gasteiger partial charge in [-0.05, 0) is 56.0 Å². The molecule has 1 aromatic rings. The van der Waals surface area contributed by atoms with Gasteiger partial charge in [0, 0.05) is 10.9 Å². The Kier molecular flexibility index (Phi) is 7.63. The lowest BCUT2D eigenvalue weighted by atomic mass is 9.85. The number of hydrogen-bond acceptors (Lipinski definition) is 2. The van der Waals surface area contributed by atoms with Crippen LogP contribution in [0.4, 0.5) is 10.1 Å². The zero-order valence-electron chi connectivity index (χ0n) is 12.0. The third kappa shape index (κ3) is 5.57. The molecule has 2 rings (SSSR count). The van der Waals surface area contributed by atoms with E-state index in [4.69, 9.17) is 0 Å². The summed E-state index contributed by atoms with van der Waals surface area (Å²) in [6.45, 7) is 4.13. The van der Waals surface area contributed by atoms with Crippen molar-refractivity contribution in [1.29, 1.82) is 0 Å². The van der Waals surface area contributed by atoms with Crippen LogP contribution in [0.3, 0.4) is 0 Å². The molecule has 1 aromatic carbocycles. The minimum atomic E-state index is -0.409. The highest BCUT2D eigenvalue weighted by atomic mass is 79.9.